The van der Waals surface area contributed by atoms with Crippen LogP contribution in [0, 0.1) is 0 Å². The summed E-state index contributed by atoms with van der Waals surface area (Å²) in [4.78, 5) is 46.4. The number of rotatable bonds is 7. The molecule has 3 amide bonds. The normalized spacial score (nSPS) is 21.6. The van der Waals surface area contributed by atoms with Gasteiger partial charge in [0, 0.05) is 50.4 Å². The van der Waals surface area contributed by atoms with Gasteiger partial charge < -0.3 is 19.7 Å². The maximum absolute atomic E-state index is 14.2. The van der Waals surface area contributed by atoms with Gasteiger partial charge in [-0.2, -0.15) is 0 Å². The summed E-state index contributed by atoms with van der Waals surface area (Å²) in [6.45, 7) is 5.41. The summed E-state index contributed by atoms with van der Waals surface area (Å²) in [6, 6.07) is 2.54. The van der Waals surface area contributed by atoms with Gasteiger partial charge in [-0.05, 0) is 57.5 Å². The molecule has 10 nitrogen and oxygen atoms in total. The Morgan fingerprint density at radius 3 is 2.23 bits per heavy atom. The second kappa shape index (κ2) is 10.9. The molecule has 238 valence electrons. The first-order valence-corrected chi connectivity index (χ1v) is 15.3. The van der Waals surface area contributed by atoms with Crippen LogP contribution in [0.1, 0.15) is 38.8 Å². The number of methoxy groups -OCH3 is 1. The Hall–Kier alpha value is -3.50. The van der Waals surface area contributed by atoms with Gasteiger partial charge in [0.15, 0.2) is 0 Å². The third-order valence-corrected chi connectivity index (χ3v) is 8.12. The summed E-state index contributed by atoms with van der Waals surface area (Å²) in [5.41, 5.74) is -0.788. The van der Waals surface area contributed by atoms with Crippen LogP contribution in [0.5, 0.6) is 0 Å². The summed E-state index contributed by atoms with van der Waals surface area (Å²) in [6.07, 6.45) is 1.95. The minimum absolute atomic E-state index is 0.0768. The van der Waals surface area contributed by atoms with Crippen LogP contribution in [0.3, 0.4) is 0 Å². The Balaban J connectivity index is 1.76. The van der Waals surface area contributed by atoms with Gasteiger partial charge in [0.25, 0.3) is 5.91 Å². The molecule has 2 saturated heterocycles. The van der Waals surface area contributed by atoms with Gasteiger partial charge in [-0.1, -0.05) is 25.5 Å². The van der Waals surface area contributed by atoms with Crippen LogP contribution in [-0.2, 0) is 19.1 Å². The van der Waals surface area contributed by atoms with Crippen LogP contribution in [-0.4, -0.2) is 83.9 Å². The van der Waals surface area contributed by atoms with E-state index in [9.17, 15) is 33.8 Å². The molecule has 0 saturated carbocycles. The first-order chi connectivity index (χ1) is 19.8. The fourth-order valence-corrected chi connectivity index (χ4v) is 5.51. The highest BCUT2D eigenvalue weighted by molar-refractivity contribution is 8.45. The maximum atomic E-state index is 14.2. The van der Waals surface area contributed by atoms with Gasteiger partial charge in [-0.3, -0.25) is 24.4 Å². The Morgan fingerprint density at radius 1 is 1.05 bits per heavy atom. The average Bonchev–Trinajstić information content (AvgIpc) is 3.60. The average molecular weight is 636 g/mol. The number of pyridine rings is 1. The number of aromatic nitrogens is 1. The molecule has 16 heteroatoms. The lowest BCUT2D eigenvalue weighted by molar-refractivity contribution is -0.134. The van der Waals surface area contributed by atoms with Gasteiger partial charge in [-0.15, -0.1) is 0 Å². The highest BCUT2D eigenvalue weighted by Crippen LogP contribution is 3.02. The highest BCUT2D eigenvalue weighted by atomic mass is 32.5. The minimum Gasteiger partial charge on any atom is -0.444 e. The van der Waals surface area contributed by atoms with Crippen molar-refractivity contribution in [1.29, 1.82) is 0 Å². The van der Waals surface area contributed by atoms with E-state index >= 15 is 0 Å². The number of hydrogen-bond donors (Lipinski definition) is 1. The lowest BCUT2D eigenvalue weighted by Gasteiger charge is -2.41. The summed E-state index contributed by atoms with van der Waals surface area (Å²) < 4.78 is 78.3. The van der Waals surface area contributed by atoms with Gasteiger partial charge >= 0.3 is 16.3 Å². The molecule has 3 heterocycles. The lowest BCUT2D eigenvalue weighted by atomic mass is 10.0. The van der Waals surface area contributed by atoms with Crippen molar-refractivity contribution in [2.45, 2.75) is 55.9 Å². The number of carbonyl (C=O) groups excluding carboxylic acids is 3. The molecule has 43 heavy (non-hydrogen) atoms. The summed E-state index contributed by atoms with van der Waals surface area (Å²) in [5, 5.41) is 2.99. The van der Waals surface area contributed by atoms with Crippen LogP contribution >= 0.6 is 10.2 Å². The zero-order valence-electron chi connectivity index (χ0n) is 24.0. The summed E-state index contributed by atoms with van der Waals surface area (Å²) in [7, 11) is -8.56. The molecule has 2 aromatic rings. The number of nitrogens with zero attached hydrogens (tertiary/aromatic N) is 4. The van der Waals surface area contributed by atoms with Crippen molar-refractivity contribution in [3.8, 4) is 0 Å². The van der Waals surface area contributed by atoms with Gasteiger partial charge in [0.2, 0.25) is 5.91 Å². The number of hydrogen-bond acceptors (Lipinski definition) is 7. The van der Waals surface area contributed by atoms with E-state index in [2.05, 4.69) is 10.3 Å². The second-order valence-electron chi connectivity index (χ2n) is 11.4. The van der Waals surface area contributed by atoms with Crippen molar-refractivity contribution in [3.05, 3.63) is 54.4 Å². The quantitative estimate of drug-likeness (QED) is 0.416. The molecule has 1 aromatic carbocycles. The number of carbonyl (C=O) groups is 3. The number of ether oxygens (including phenoxy) is 2. The molecule has 2 fully saturated rings. The van der Waals surface area contributed by atoms with Crippen LogP contribution in [0.15, 0.2) is 53.7 Å². The first-order valence-electron chi connectivity index (χ1n) is 13.4. The van der Waals surface area contributed by atoms with Crippen molar-refractivity contribution < 1.29 is 43.3 Å². The van der Waals surface area contributed by atoms with E-state index in [1.54, 1.807) is 20.8 Å². The predicted molar refractivity (Wildman–Crippen MR) is 149 cm³/mol. The third kappa shape index (κ3) is 7.72. The monoisotopic (exact) mass is 635 g/mol. The van der Waals surface area contributed by atoms with E-state index in [0.29, 0.717) is 6.54 Å². The molecule has 0 aliphatic carbocycles. The summed E-state index contributed by atoms with van der Waals surface area (Å²) >= 11 is 0. The topological polar surface area (TPSA) is 104 Å². The Kier molecular flexibility index (Phi) is 8.21. The molecule has 3 atom stereocenters. The molecule has 1 unspecified atom stereocenters. The van der Waals surface area contributed by atoms with Crippen LogP contribution in [0.4, 0.5) is 29.9 Å². The fraction of sp³-hybridized carbons (Fsp3) is 0.481. The standard InChI is InChI=1S/C27H34F5N5O5S/c1-27(2,3)42-26(40)36-13-12-35(17-36)25(39)23(18-6-5-11-33-15-18)37(24(38)22-14-20(41-4)16-34-22)19-7-9-21(10-8-19)43(28,29,30,31)32/h5-11,15,20,22-23,34H,12-14,16-17H2,1-4H3/t20-,22-,23?/m1/s1. The molecular formula is C27H34F5N5O5S. The Bertz CT molecular complexity index is 1360. The van der Waals surface area contributed by atoms with Crippen LogP contribution in [0.2, 0.25) is 0 Å². The van der Waals surface area contributed by atoms with Crippen molar-refractivity contribution in [2.75, 3.05) is 38.3 Å². The number of anilines is 1. The molecule has 4 rings (SSSR count). The minimum atomic E-state index is -10.0. The Morgan fingerprint density at radius 2 is 1.70 bits per heavy atom. The zero-order chi connectivity index (χ0) is 31.9. The molecule has 1 aromatic heterocycles. The van der Waals surface area contributed by atoms with E-state index in [1.165, 1.54) is 41.4 Å². The SMILES string of the molecule is CO[C@H]1CN[C@@H](C(=O)N(c2ccc(S(F)(F)(F)(F)F)cc2)C(C(=O)N2CCN(C(=O)OC(C)(C)C)C2)c2cccnc2)C1. The van der Waals surface area contributed by atoms with Crippen LogP contribution in [0.25, 0.3) is 0 Å². The number of halogens is 5. The lowest BCUT2D eigenvalue weighted by Crippen LogP contribution is -2.51. The van der Waals surface area contributed by atoms with Gasteiger partial charge in [0.1, 0.15) is 16.5 Å². The Labute approximate surface area is 245 Å². The number of nitrogens with one attached hydrogen (secondary N) is 1. The largest absolute Gasteiger partial charge is 0.444 e. The van der Waals surface area contributed by atoms with Crippen molar-refractivity contribution in [1.82, 2.24) is 20.1 Å². The van der Waals surface area contributed by atoms with E-state index < -0.39 is 50.7 Å². The smallest absolute Gasteiger partial charge is 0.411 e. The predicted octanol–water partition coefficient (Wildman–Crippen LogP) is 5.23. The van der Waals surface area contributed by atoms with E-state index in [4.69, 9.17) is 9.47 Å². The van der Waals surface area contributed by atoms with E-state index in [-0.39, 0.29) is 55.7 Å². The second-order valence-corrected chi connectivity index (χ2v) is 13.8. The number of benzene rings is 1. The number of amides is 3. The fourth-order valence-electron chi connectivity index (χ4n) is 4.86. The molecule has 1 N–H and O–H groups in total. The van der Waals surface area contributed by atoms with Crippen molar-refractivity contribution in [3.63, 3.8) is 0 Å². The zero-order valence-corrected chi connectivity index (χ0v) is 24.8. The molecule has 2 aliphatic rings. The molecule has 0 bridgehead atoms. The highest BCUT2D eigenvalue weighted by Gasteiger charge is 2.65. The molecule has 0 spiro atoms. The molecule has 2 aliphatic heterocycles. The van der Waals surface area contributed by atoms with E-state index in [0.717, 1.165) is 17.0 Å². The van der Waals surface area contributed by atoms with Crippen molar-refractivity contribution >= 4 is 33.8 Å². The van der Waals surface area contributed by atoms with E-state index in [1.807, 2.05) is 0 Å². The van der Waals surface area contributed by atoms with Crippen molar-refractivity contribution in [2.24, 2.45) is 0 Å². The maximum Gasteiger partial charge on any atom is 0.411 e. The van der Waals surface area contributed by atoms with Crippen LogP contribution < -0.4 is 10.2 Å². The van der Waals surface area contributed by atoms with Gasteiger partial charge in [-0.25, -0.2) is 4.79 Å². The third-order valence-electron chi connectivity index (χ3n) is 6.96. The first kappa shape index (κ1) is 32.4. The van der Waals surface area contributed by atoms with Gasteiger partial charge in [0.05, 0.1) is 18.8 Å². The molecular weight excluding hydrogens is 601 g/mol. The summed E-state index contributed by atoms with van der Waals surface area (Å²) in [5.74, 6) is -1.35. The molecule has 0 radical (unpaired) electrons.